The third-order valence-corrected chi connectivity index (χ3v) is 7.23. The molecule has 1 amide bonds. The monoisotopic (exact) mass is 471 g/mol. The summed E-state index contributed by atoms with van der Waals surface area (Å²) in [6.45, 7) is 5.33. The SMILES string of the molecule is Cc1nc(CSc2ccc(C(=O)NC[C@@H](c3ccc(F)cc3)N3CCOCC3)cc2)cs1. The molecular formula is C24H26FN3O2S2. The average Bonchev–Trinajstić information content (AvgIpc) is 3.25. The number of morpholine rings is 1. The Morgan fingerprint density at radius 1 is 1.19 bits per heavy atom. The number of ether oxygens (including phenoxy) is 1. The molecule has 0 spiro atoms. The summed E-state index contributed by atoms with van der Waals surface area (Å²) in [6.07, 6.45) is 0. The van der Waals surface area contributed by atoms with Gasteiger partial charge >= 0.3 is 0 Å². The lowest BCUT2D eigenvalue weighted by atomic mass is 10.0. The minimum atomic E-state index is -0.263. The van der Waals surface area contributed by atoms with Gasteiger partial charge in [-0.05, 0) is 48.9 Å². The minimum Gasteiger partial charge on any atom is -0.379 e. The molecule has 8 heteroatoms. The zero-order valence-corrected chi connectivity index (χ0v) is 19.6. The third kappa shape index (κ3) is 6.16. The predicted molar refractivity (Wildman–Crippen MR) is 127 cm³/mol. The number of carbonyl (C=O) groups is 1. The van der Waals surface area contributed by atoms with Crippen LogP contribution in [0.1, 0.15) is 32.7 Å². The Morgan fingerprint density at radius 2 is 1.91 bits per heavy atom. The molecule has 0 unspecified atom stereocenters. The van der Waals surface area contributed by atoms with Crippen LogP contribution in [0, 0.1) is 12.7 Å². The van der Waals surface area contributed by atoms with Gasteiger partial charge < -0.3 is 10.1 Å². The van der Waals surface area contributed by atoms with E-state index in [0.717, 1.165) is 40.0 Å². The summed E-state index contributed by atoms with van der Waals surface area (Å²) in [5, 5.41) is 6.21. The van der Waals surface area contributed by atoms with Crippen LogP contribution < -0.4 is 5.32 Å². The molecule has 0 aliphatic carbocycles. The largest absolute Gasteiger partial charge is 0.379 e. The number of thiazole rings is 1. The van der Waals surface area contributed by atoms with E-state index in [0.29, 0.717) is 25.3 Å². The maximum absolute atomic E-state index is 13.4. The smallest absolute Gasteiger partial charge is 0.251 e. The Labute approximate surface area is 196 Å². The fourth-order valence-corrected chi connectivity index (χ4v) is 5.17. The van der Waals surface area contributed by atoms with E-state index in [2.05, 4.69) is 20.6 Å². The summed E-state index contributed by atoms with van der Waals surface area (Å²) in [4.78, 5) is 20.6. The molecule has 168 valence electrons. The number of hydrogen-bond donors (Lipinski definition) is 1. The molecule has 0 radical (unpaired) electrons. The topological polar surface area (TPSA) is 54.5 Å². The van der Waals surface area contributed by atoms with E-state index in [-0.39, 0.29) is 17.8 Å². The number of nitrogens with one attached hydrogen (secondary N) is 1. The van der Waals surface area contributed by atoms with Crippen molar-refractivity contribution in [3.63, 3.8) is 0 Å². The number of thioether (sulfide) groups is 1. The fraction of sp³-hybridized carbons (Fsp3) is 0.333. The number of aromatic nitrogens is 1. The van der Waals surface area contributed by atoms with E-state index in [1.165, 1.54) is 12.1 Å². The number of aryl methyl sites for hydroxylation is 1. The van der Waals surface area contributed by atoms with Crippen molar-refractivity contribution in [1.29, 1.82) is 0 Å². The molecule has 1 aliphatic rings. The van der Waals surface area contributed by atoms with E-state index in [9.17, 15) is 9.18 Å². The highest BCUT2D eigenvalue weighted by molar-refractivity contribution is 7.98. The van der Waals surface area contributed by atoms with Crippen molar-refractivity contribution in [2.24, 2.45) is 0 Å². The van der Waals surface area contributed by atoms with Gasteiger partial charge in [0.2, 0.25) is 0 Å². The van der Waals surface area contributed by atoms with E-state index < -0.39 is 0 Å². The Balaban J connectivity index is 1.36. The van der Waals surface area contributed by atoms with Gasteiger partial charge in [0.05, 0.1) is 30.0 Å². The minimum absolute atomic E-state index is 0.0279. The Bertz CT molecular complexity index is 1020. The van der Waals surface area contributed by atoms with Crippen LogP contribution >= 0.6 is 23.1 Å². The van der Waals surface area contributed by atoms with Crippen LogP contribution in [0.2, 0.25) is 0 Å². The van der Waals surface area contributed by atoms with Crippen LogP contribution in [0.5, 0.6) is 0 Å². The number of amides is 1. The summed E-state index contributed by atoms with van der Waals surface area (Å²) in [7, 11) is 0. The van der Waals surface area contributed by atoms with Crippen LogP contribution in [0.3, 0.4) is 0 Å². The van der Waals surface area contributed by atoms with Crippen LogP contribution in [-0.4, -0.2) is 48.6 Å². The Hall–Kier alpha value is -2.26. The fourth-order valence-electron chi connectivity index (χ4n) is 3.66. The molecule has 5 nitrogen and oxygen atoms in total. The molecule has 0 bridgehead atoms. The number of carbonyl (C=O) groups excluding carboxylic acids is 1. The molecule has 32 heavy (non-hydrogen) atoms. The van der Waals surface area contributed by atoms with Crippen LogP contribution in [-0.2, 0) is 10.5 Å². The van der Waals surface area contributed by atoms with Crippen molar-refractivity contribution in [3.8, 4) is 0 Å². The molecule has 2 heterocycles. The van der Waals surface area contributed by atoms with Gasteiger partial charge in [0.15, 0.2) is 0 Å². The molecule has 1 aromatic heterocycles. The lowest BCUT2D eigenvalue weighted by Gasteiger charge is -2.35. The van der Waals surface area contributed by atoms with Gasteiger partial charge in [-0.2, -0.15) is 0 Å². The third-order valence-electron chi connectivity index (χ3n) is 5.37. The van der Waals surface area contributed by atoms with Crippen molar-refractivity contribution >= 4 is 29.0 Å². The van der Waals surface area contributed by atoms with Gasteiger partial charge in [-0.1, -0.05) is 12.1 Å². The Kier molecular flexibility index (Phi) is 7.91. The maximum Gasteiger partial charge on any atom is 0.251 e. The first-order valence-electron chi connectivity index (χ1n) is 10.6. The zero-order chi connectivity index (χ0) is 22.3. The van der Waals surface area contributed by atoms with Gasteiger partial charge in [-0.3, -0.25) is 9.69 Å². The second-order valence-electron chi connectivity index (χ2n) is 7.60. The van der Waals surface area contributed by atoms with Crippen LogP contribution in [0.4, 0.5) is 4.39 Å². The molecule has 1 fully saturated rings. The van der Waals surface area contributed by atoms with Crippen LogP contribution in [0.25, 0.3) is 0 Å². The summed E-state index contributed by atoms with van der Waals surface area (Å²) in [5.41, 5.74) is 2.69. The summed E-state index contributed by atoms with van der Waals surface area (Å²) in [6, 6.07) is 14.1. The normalized spacial score (nSPS) is 15.4. The van der Waals surface area contributed by atoms with E-state index in [1.807, 2.05) is 31.2 Å². The molecule has 2 aromatic carbocycles. The number of benzene rings is 2. The standard InChI is InChI=1S/C24H26FN3O2S2/c1-17-27-21(15-31-17)16-32-22-8-4-19(5-9-22)24(29)26-14-23(28-10-12-30-13-11-28)18-2-6-20(25)7-3-18/h2-9,15,23H,10-14,16H2,1H3,(H,26,29)/t23-/m0/s1. The maximum atomic E-state index is 13.4. The summed E-state index contributed by atoms with van der Waals surface area (Å²) < 4.78 is 18.9. The second kappa shape index (κ2) is 11.0. The van der Waals surface area contributed by atoms with E-state index >= 15 is 0 Å². The number of halogens is 1. The number of rotatable bonds is 8. The lowest BCUT2D eigenvalue weighted by Crippen LogP contribution is -2.43. The highest BCUT2D eigenvalue weighted by Crippen LogP contribution is 2.25. The molecule has 1 atom stereocenters. The zero-order valence-electron chi connectivity index (χ0n) is 17.9. The second-order valence-corrected chi connectivity index (χ2v) is 9.71. The van der Waals surface area contributed by atoms with Crippen molar-refractivity contribution in [3.05, 3.63) is 81.6 Å². The summed E-state index contributed by atoms with van der Waals surface area (Å²) in [5.74, 6) is 0.438. The molecule has 3 aromatic rings. The first-order chi connectivity index (χ1) is 15.6. The van der Waals surface area contributed by atoms with Crippen molar-refractivity contribution in [2.45, 2.75) is 23.6 Å². The lowest BCUT2D eigenvalue weighted by molar-refractivity contribution is 0.0162. The molecule has 4 rings (SSSR count). The highest BCUT2D eigenvalue weighted by atomic mass is 32.2. The molecule has 0 saturated carbocycles. The molecule has 1 saturated heterocycles. The molecule has 1 N–H and O–H groups in total. The van der Waals surface area contributed by atoms with E-state index in [1.54, 1.807) is 35.2 Å². The first-order valence-corrected chi connectivity index (χ1v) is 12.4. The van der Waals surface area contributed by atoms with E-state index in [4.69, 9.17) is 4.74 Å². The highest BCUT2D eigenvalue weighted by Gasteiger charge is 2.23. The van der Waals surface area contributed by atoms with Crippen molar-refractivity contribution in [2.75, 3.05) is 32.8 Å². The quantitative estimate of drug-likeness (QED) is 0.483. The molecular weight excluding hydrogens is 445 g/mol. The van der Waals surface area contributed by atoms with Gasteiger partial charge in [0.1, 0.15) is 5.82 Å². The Morgan fingerprint density at radius 3 is 2.56 bits per heavy atom. The van der Waals surface area contributed by atoms with Gasteiger partial charge in [0.25, 0.3) is 5.91 Å². The molecule has 1 aliphatic heterocycles. The number of nitrogens with zero attached hydrogens (tertiary/aromatic N) is 2. The van der Waals surface area contributed by atoms with Gasteiger partial charge in [-0.25, -0.2) is 9.37 Å². The van der Waals surface area contributed by atoms with Gasteiger partial charge in [0, 0.05) is 41.2 Å². The number of hydrogen-bond acceptors (Lipinski definition) is 6. The van der Waals surface area contributed by atoms with Crippen molar-refractivity contribution in [1.82, 2.24) is 15.2 Å². The first kappa shape index (κ1) is 22.9. The van der Waals surface area contributed by atoms with Crippen molar-refractivity contribution < 1.29 is 13.9 Å². The van der Waals surface area contributed by atoms with Crippen LogP contribution in [0.15, 0.2) is 58.8 Å². The van der Waals surface area contributed by atoms with Gasteiger partial charge in [-0.15, -0.1) is 23.1 Å². The average molecular weight is 472 g/mol. The predicted octanol–water partition coefficient (Wildman–Crippen LogP) is 4.69. The summed E-state index contributed by atoms with van der Waals surface area (Å²) >= 11 is 3.36.